The number of carbonyl (C=O) groups excluding carboxylic acids is 1. The highest BCUT2D eigenvalue weighted by molar-refractivity contribution is 5.92. The standard InChI is InChI=1S/C19H31N5O.ClH/c25-19(18-14-24(22-21-18)16-8-10-20-11-9-16)23-12-4-7-17(23)13-15-5-2-1-3-6-15;/h14-17,20H,1-13H2;1H. The van der Waals surface area contributed by atoms with Gasteiger partial charge in [0.2, 0.25) is 0 Å². The zero-order valence-electron chi connectivity index (χ0n) is 15.6. The third kappa shape index (κ3) is 4.39. The van der Waals surface area contributed by atoms with Gasteiger partial charge in [-0.15, -0.1) is 17.5 Å². The summed E-state index contributed by atoms with van der Waals surface area (Å²) in [7, 11) is 0. The number of nitrogens with one attached hydrogen (secondary N) is 1. The van der Waals surface area contributed by atoms with Gasteiger partial charge < -0.3 is 10.2 Å². The van der Waals surface area contributed by atoms with Crippen LogP contribution < -0.4 is 5.32 Å². The van der Waals surface area contributed by atoms with E-state index in [1.165, 1.54) is 38.5 Å². The molecular weight excluding hydrogens is 350 g/mol. The molecule has 1 aliphatic carbocycles. The Morgan fingerprint density at radius 3 is 2.62 bits per heavy atom. The monoisotopic (exact) mass is 381 g/mol. The minimum atomic E-state index is 0. The van der Waals surface area contributed by atoms with Crippen molar-refractivity contribution in [2.45, 2.75) is 76.3 Å². The quantitative estimate of drug-likeness (QED) is 0.869. The van der Waals surface area contributed by atoms with Crippen molar-refractivity contribution in [3.05, 3.63) is 11.9 Å². The largest absolute Gasteiger partial charge is 0.334 e. The van der Waals surface area contributed by atoms with E-state index in [9.17, 15) is 4.79 Å². The molecule has 0 spiro atoms. The zero-order chi connectivity index (χ0) is 17.1. The van der Waals surface area contributed by atoms with Crippen molar-refractivity contribution >= 4 is 18.3 Å². The topological polar surface area (TPSA) is 63.1 Å². The molecule has 6 nitrogen and oxygen atoms in total. The summed E-state index contributed by atoms with van der Waals surface area (Å²) < 4.78 is 1.92. The van der Waals surface area contributed by atoms with E-state index >= 15 is 0 Å². The fourth-order valence-corrected chi connectivity index (χ4v) is 4.93. The molecule has 1 atom stereocenters. The molecule has 4 rings (SSSR count). The van der Waals surface area contributed by atoms with Gasteiger partial charge in [0.1, 0.15) is 0 Å². The summed E-state index contributed by atoms with van der Waals surface area (Å²) in [6.07, 6.45) is 14.3. The minimum Gasteiger partial charge on any atom is -0.334 e. The van der Waals surface area contributed by atoms with E-state index < -0.39 is 0 Å². The van der Waals surface area contributed by atoms with Crippen molar-refractivity contribution in [3.8, 4) is 0 Å². The first kappa shape index (κ1) is 19.6. The van der Waals surface area contributed by atoms with Crippen molar-refractivity contribution in [3.63, 3.8) is 0 Å². The summed E-state index contributed by atoms with van der Waals surface area (Å²) in [5.74, 6) is 0.913. The second-order valence-corrected chi connectivity index (χ2v) is 8.10. The van der Waals surface area contributed by atoms with Gasteiger partial charge in [-0.05, 0) is 51.1 Å². The van der Waals surface area contributed by atoms with Gasteiger partial charge in [0.15, 0.2) is 5.69 Å². The first-order valence-electron chi connectivity index (χ1n) is 10.2. The number of halogens is 1. The molecule has 1 amide bonds. The van der Waals surface area contributed by atoms with Crippen LogP contribution in [0.5, 0.6) is 0 Å². The molecule has 1 saturated carbocycles. The summed E-state index contributed by atoms with van der Waals surface area (Å²) >= 11 is 0. The predicted molar refractivity (Wildman–Crippen MR) is 104 cm³/mol. The minimum absolute atomic E-state index is 0. The lowest BCUT2D eigenvalue weighted by atomic mass is 9.84. The van der Waals surface area contributed by atoms with Crippen LogP contribution in [0.3, 0.4) is 0 Å². The van der Waals surface area contributed by atoms with Crippen molar-refractivity contribution in [2.24, 2.45) is 5.92 Å². The molecule has 26 heavy (non-hydrogen) atoms. The van der Waals surface area contributed by atoms with Crippen molar-refractivity contribution in [1.82, 2.24) is 25.2 Å². The SMILES string of the molecule is Cl.O=C(c1cn(C2CCNCC2)nn1)N1CCCC1CC1CCCCC1. The Bertz CT molecular complexity index is 580. The summed E-state index contributed by atoms with van der Waals surface area (Å²) in [5.41, 5.74) is 0.536. The zero-order valence-corrected chi connectivity index (χ0v) is 16.4. The fourth-order valence-electron chi connectivity index (χ4n) is 4.93. The smallest absolute Gasteiger partial charge is 0.276 e. The molecule has 3 fully saturated rings. The second-order valence-electron chi connectivity index (χ2n) is 8.10. The maximum atomic E-state index is 13.0. The van der Waals surface area contributed by atoms with Gasteiger partial charge in [-0.25, -0.2) is 4.68 Å². The molecule has 3 aliphatic rings. The molecule has 146 valence electrons. The third-order valence-electron chi connectivity index (χ3n) is 6.38. The molecule has 2 aliphatic heterocycles. The highest BCUT2D eigenvalue weighted by Gasteiger charge is 2.33. The van der Waals surface area contributed by atoms with E-state index in [1.54, 1.807) is 0 Å². The average molecular weight is 382 g/mol. The van der Waals surface area contributed by atoms with Gasteiger partial charge in [-0.1, -0.05) is 37.3 Å². The van der Waals surface area contributed by atoms with Crippen LogP contribution in [0.15, 0.2) is 6.20 Å². The van der Waals surface area contributed by atoms with Gasteiger partial charge >= 0.3 is 0 Å². The van der Waals surface area contributed by atoms with Gasteiger partial charge in [-0.3, -0.25) is 4.79 Å². The van der Waals surface area contributed by atoms with Crippen molar-refractivity contribution < 1.29 is 4.79 Å². The number of piperidine rings is 1. The summed E-state index contributed by atoms with van der Waals surface area (Å²) in [5, 5.41) is 11.8. The van der Waals surface area contributed by atoms with Crippen molar-refractivity contribution in [1.29, 1.82) is 0 Å². The third-order valence-corrected chi connectivity index (χ3v) is 6.38. The van der Waals surface area contributed by atoms with Crippen LogP contribution in [0.4, 0.5) is 0 Å². The molecule has 2 saturated heterocycles. The van der Waals surface area contributed by atoms with E-state index in [2.05, 4.69) is 20.5 Å². The number of hydrogen-bond acceptors (Lipinski definition) is 4. The molecule has 1 aromatic heterocycles. The number of hydrogen-bond donors (Lipinski definition) is 1. The maximum Gasteiger partial charge on any atom is 0.276 e. The first-order chi connectivity index (χ1) is 12.3. The highest BCUT2D eigenvalue weighted by Crippen LogP contribution is 2.32. The van der Waals surface area contributed by atoms with Gasteiger partial charge in [0.25, 0.3) is 5.91 Å². The van der Waals surface area contributed by atoms with Crippen LogP contribution >= 0.6 is 12.4 Å². The molecule has 0 bridgehead atoms. The van der Waals surface area contributed by atoms with Crippen LogP contribution in [-0.2, 0) is 0 Å². The number of amides is 1. The summed E-state index contributed by atoms with van der Waals surface area (Å²) in [6.45, 7) is 2.92. The Morgan fingerprint density at radius 2 is 1.85 bits per heavy atom. The molecule has 1 N–H and O–H groups in total. The van der Waals surface area contributed by atoms with Gasteiger partial charge in [0, 0.05) is 12.6 Å². The van der Waals surface area contributed by atoms with Crippen LogP contribution in [0.25, 0.3) is 0 Å². The molecule has 1 aromatic rings. The number of carbonyl (C=O) groups is 1. The number of rotatable bonds is 4. The molecule has 1 unspecified atom stereocenters. The van der Waals surface area contributed by atoms with Crippen LogP contribution in [-0.4, -0.2) is 51.5 Å². The molecule has 3 heterocycles. The first-order valence-corrected chi connectivity index (χ1v) is 10.2. The van der Waals surface area contributed by atoms with E-state index in [4.69, 9.17) is 0 Å². The normalized spacial score (nSPS) is 25.2. The van der Waals surface area contributed by atoms with Crippen LogP contribution in [0.2, 0.25) is 0 Å². The fraction of sp³-hybridized carbons (Fsp3) is 0.842. The van der Waals surface area contributed by atoms with Gasteiger partial charge in [-0.2, -0.15) is 0 Å². The van der Waals surface area contributed by atoms with Crippen molar-refractivity contribution in [2.75, 3.05) is 19.6 Å². The molecule has 0 radical (unpaired) electrons. The Kier molecular flexibility index (Phi) is 6.92. The van der Waals surface area contributed by atoms with E-state index in [1.807, 2.05) is 10.9 Å². The lowest BCUT2D eigenvalue weighted by Crippen LogP contribution is -2.37. The van der Waals surface area contributed by atoms with E-state index in [0.29, 0.717) is 17.8 Å². The predicted octanol–water partition coefficient (Wildman–Crippen LogP) is 3.20. The summed E-state index contributed by atoms with van der Waals surface area (Å²) in [6, 6.07) is 0.798. The molecule has 0 aromatic carbocycles. The summed E-state index contributed by atoms with van der Waals surface area (Å²) in [4.78, 5) is 15.1. The van der Waals surface area contributed by atoms with Crippen LogP contribution in [0, 0.1) is 5.92 Å². The Balaban J connectivity index is 0.00000196. The number of aromatic nitrogens is 3. The lowest BCUT2D eigenvalue weighted by Gasteiger charge is -2.29. The Morgan fingerprint density at radius 1 is 1.08 bits per heavy atom. The maximum absolute atomic E-state index is 13.0. The molecular formula is C19H32ClN5O. The average Bonchev–Trinajstić information content (AvgIpc) is 3.32. The number of likely N-dealkylation sites (tertiary alicyclic amines) is 1. The highest BCUT2D eigenvalue weighted by atomic mass is 35.5. The van der Waals surface area contributed by atoms with Gasteiger partial charge in [0.05, 0.1) is 12.2 Å². The Hall–Kier alpha value is -1.14. The lowest BCUT2D eigenvalue weighted by molar-refractivity contribution is 0.0705. The second kappa shape index (κ2) is 9.18. The van der Waals surface area contributed by atoms with Crippen LogP contribution in [0.1, 0.15) is 80.7 Å². The number of nitrogens with zero attached hydrogens (tertiary/aromatic N) is 4. The van der Waals surface area contributed by atoms with E-state index in [-0.39, 0.29) is 18.3 Å². The van der Waals surface area contributed by atoms with E-state index in [0.717, 1.165) is 51.2 Å². The molecule has 7 heteroatoms. The Labute approximate surface area is 162 Å².